The highest BCUT2D eigenvalue weighted by Crippen LogP contribution is 2.18. The molecular weight excluding hydrogens is 362 g/mol. The lowest BCUT2D eigenvalue weighted by atomic mass is 10.3. The quantitative estimate of drug-likeness (QED) is 0.891. The molecule has 0 aromatic heterocycles. The predicted octanol–water partition coefficient (Wildman–Crippen LogP) is 2.88. The summed E-state index contributed by atoms with van der Waals surface area (Å²) >= 11 is 5.82. The Morgan fingerprint density at radius 3 is 2.12 bits per heavy atom. The molecule has 132 valence electrons. The third kappa shape index (κ3) is 4.12. The van der Waals surface area contributed by atoms with Crippen molar-refractivity contribution in [3.05, 3.63) is 59.6 Å². The largest absolute Gasteiger partial charge is 0.322 e. The summed E-state index contributed by atoms with van der Waals surface area (Å²) in [5.74, 6) is 0. The van der Waals surface area contributed by atoms with Crippen LogP contribution < -0.4 is 5.32 Å². The van der Waals surface area contributed by atoms with Gasteiger partial charge in [-0.15, -0.1) is 0 Å². The summed E-state index contributed by atoms with van der Waals surface area (Å²) in [5, 5.41) is 3.38. The van der Waals surface area contributed by atoms with Crippen LogP contribution in [0.5, 0.6) is 0 Å². The Morgan fingerprint density at radius 2 is 1.52 bits per heavy atom. The molecule has 0 aliphatic carbocycles. The lowest BCUT2D eigenvalue weighted by molar-refractivity contribution is 0.184. The zero-order chi connectivity index (χ0) is 17.9. The number of nitrogens with zero attached hydrogens (tertiary/aromatic N) is 2. The highest BCUT2D eigenvalue weighted by Gasteiger charge is 2.29. The number of hydrogen-bond acceptors (Lipinski definition) is 3. The molecular formula is C17H18ClN3O3S. The Bertz CT molecular complexity index is 833. The monoisotopic (exact) mass is 379 g/mol. The first-order chi connectivity index (χ1) is 12.0. The zero-order valence-corrected chi connectivity index (χ0v) is 15.0. The Labute approximate surface area is 152 Å². The molecule has 1 aliphatic heterocycles. The molecule has 2 aromatic carbocycles. The summed E-state index contributed by atoms with van der Waals surface area (Å²) in [4.78, 5) is 14.2. The molecule has 0 radical (unpaired) electrons. The van der Waals surface area contributed by atoms with Gasteiger partial charge in [-0.3, -0.25) is 0 Å². The van der Waals surface area contributed by atoms with E-state index in [4.69, 9.17) is 11.6 Å². The van der Waals surface area contributed by atoms with Crippen LogP contribution in [0.4, 0.5) is 10.5 Å². The van der Waals surface area contributed by atoms with Crippen molar-refractivity contribution in [2.45, 2.75) is 4.90 Å². The van der Waals surface area contributed by atoms with Crippen molar-refractivity contribution in [1.82, 2.24) is 9.21 Å². The van der Waals surface area contributed by atoms with Gasteiger partial charge in [-0.2, -0.15) is 4.31 Å². The van der Waals surface area contributed by atoms with Crippen LogP contribution in [0.2, 0.25) is 5.02 Å². The van der Waals surface area contributed by atoms with Gasteiger partial charge in [0.2, 0.25) is 10.0 Å². The van der Waals surface area contributed by atoms with E-state index in [0.717, 1.165) is 0 Å². The van der Waals surface area contributed by atoms with E-state index >= 15 is 0 Å². The van der Waals surface area contributed by atoms with Gasteiger partial charge in [0.25, 0.3) is 0 Å². The first kappa shape index (κ1) is 17.7. The normalized spacial score (nSPS) is 15.8. The van der Waals surface area contributed by atoms with Gasteiger partial charge in [-0.1, -0.05) is 29.8 Å². The predicted molar refractivity (Wildman–Crippen MR) is 97.2 cm³/mol. The second-order valence-corrected chi connectivity index (χ2v) is 8.02. The summed E-state index contributed by atoms with van der Waals surface area (Å²) in [7, 11) is -3.51. The molecule has 8 heteroatoms. The number of rotatable bonds is 3. The summed E-state index contributed by atoms with van der Waals surface area (Å²) in [6.45, 7) is 1.22. The fourth-order valence-electron chi connectivity index (χ4n) is 2.61. The summed E-state index contributed by atoms with van der Waals surface area (Å²) in [6.07, 6.45) is 0. The van der Waals surface area contributed by atoms with E-state index in [2.05, 4.69) is 5.32 Å². The van der Waals surface area contributed by atoms with Crippen molar-refractivity contribution in [3.63, 3.8) is 0 Å². The van der Waals surface area contributed by atoms with Crippen molar-refractivity contribution in [2.75, 3.05) is 31.5 Å². The van der Waals surface area contributed by atoms with Crippen LogP contribution in [0, 0.1) is 0 Å². The van der Waals surface area contributed by atoms with E-state index in [9.17, 15) is 13.2 Å². The SMILES string of the molecule is O=C(Nc1ccc(Cl)cc1)N1CCN(S(=O)(=O)c2ccccc2)CC1. The number of carbonyl (C=O) groups is 1. The van der Waals surface area contributed by atoms with Crippen LogP contribution in [0.15, 0.2) is 59.5 Å². The minimum Gasteiger partial charge on any atom is -0.322 e. The maximum absolute atomic E-state index is 12.6. The van der Waals surface area contributed by atoms with Crippen LogP contribution in [0.3, 0.4) is 0 Å². The number of benzene rings is 2. The molecule has 3 rings (SSSR count). The third-order valence-electron chi connectivity index (χ3n) is 4.00. The first-order valence-electron chi connectivity index (χ1n) is 7.83. The molecule has 2 amide bonds. The lowest BCUT2D eigenvalue weighted by Gasteiger charge is -2.34. The van der Waals surface area contributed by atoms with Crippen LogP contribution >= 0.6 is 11.6 Å². The van der Waals surface area contributed by atoms with E-state index in [0.29, 0.717) is 23.8 Å². The minimum absolute atomic E-state index is 0.251. The molecule has 0 spiro atoms. The fourth-order valence-corrected chi connectivity index (χ4v) is 4.18. The van der Waals surface area contributed by atoms with Gasteiger partial charge in [0.05, 0.1) is 4.90 Å². The average molecular weight is 380 g/mol. The highest BCUT2D eigenvalue weighted by molar-refractivity contribution is 7.89. The van der Waals surface area contributed by atoms with Gasteiger partial charge in [-0.25, -0.2) is 13.2 Å². The number of urea groups is 1. The first-order valence-corrected chi connectivity index (χ1v) is 9.65. The van der Waals surface area contributed by atoms with Crippen molar-refractivity contribution in [3.8, 4) is 0 Å². The van der Waals surface area contributed by atoms with Crippen molar-refractivity contribution in [2.24, 2.45) is 0 Å². The smallest absolute Gasteiger partial charge is 0.321 e. The van der Waals surface area contributed by atoms with Gasteiger partial charge < -0.3 is 10.2 Å². The van der Waals surface area contributed by atoms with Crippen LogP contribution in [-0.4, -0.2) is 49.8 Å². The van der Waals surface area contributed by atoms with E-state index in [1.165, 1.54) is 4.31 Å². The molecule has 0 bridgehead atoms. The molecule has 0 saturated carbocycles. The lowest BCUT2D eigenvalue weighted by Crippen LogP contribution is -2.51. The van der Waals surface area contributed by atoms with E-state index in [1.807, 2.05) is 0 Å². The average Bonchev–Trinajstić information content (AvgIpc) is 2.64. The van der Waals surface area contributed by atoms with E-state index in [1.54, 1.807) is 59.5 Å². The molecule has 1 fully saturated rings. The fraction of sp³-hybridized carbons (Fsp3) is 0.235. The second-order valence-electron chi connectivity index (χ2n) is 5.64. The number of hydrogen-bond donors (Lipinski definition) is 1. The van der Waals surface area contributed by atoms with Crippen LogP contribution in [-0.2, 0) is 10.0 Å². The van der Waals surface area contributed by atoms with Gasteiger partial charge in [0.15, 0.2) is 0 Å². The third-order valence-corrected chi connectivity index (χ3v) is 6.17. The highest BCUT2D eigenvalue weighted by atomic mass is 35.5. The van der Waals surface area contributed by atoms with Crippen molar-refractivity contribution >= 4 is 33.3 Å². The number of nitrogens with one attached hydrogen (secondary N) is 1. The number of piperazine rings is 1. The second kappa shape index (κ2) is 7.43. The van der Waals surface area contributed by atoms with Gasteiger partial charge >= 0.3 is 6.03 Å². The van der Waals surface area contributed by atoms with Crippen molar-refractivity contribution < 1.29 is 13.2 Å². The topological polar surface area (TPSA) is 69.7 Å². The summed E-state index contributed by atoms with van der Waals surface area (Å²) in [6, 6.07) is 14.9. The molecule has 2 aromatic rings. The Hall–Kier alpha value is -2.09. The Balaban J connectivity index is 1.60. The Kier molecular flexibility index (Phi) is 5.27. The molecule has 0 unspecified atom stereocenters. The maximum Gasteiger partial charge on any atom is 0.321 e. The number of anilines is 1. The van der Waals surface area contributed by atoms with Crippen LogP contribution in [0.25, 0.3) is 0 Å². The number of carbonyl (C=O) groups excluding carboxylic acids is 1. The van der Waals surface area contributed by atoms with Crippen LogP contribution in [0.1, 0.15) is 0 Å². The van der Waals surface area contributed by atoms with Crippen molar-refractivity contribution in [1.29, 1.82) is 0 Å². The molecule has 6 nitrogen and oxygen atoms in total. The molecule has 1 saturated heterocycles. The number of amides is 2. The molecule has 0 atom stereocenters. The van der Waals surface area contributed by atoms with E-state index < -0.39 is 10.0 Å². The van der Waals surface area contributed by atoms with Gasteiger partial charge in [0, 0.05) is 36.9 Å². The zero-order valence-electron chi connectivity index (χ0n) is 13.4. The number of halogens is 1. The maximum atomic E-state index is 12.6. The van der Waals surface area contributed by atoms with Gasteiger partial charge in [-0.05, 0) is 36.4 Å². The Morgan fingerprint density at radius 1 is 0.920 bits per heavy atom. The molecule has 25 heavy (non-hydrogen) atoms. The molecule has 1 heterocycles. The minimum atomic E-state index is -3.51. The van der Waals surface area contributed by atoms with E-state index in [-0.39, 0.29) is 24.0 Å². The summed E-state index contributed by atoms with van der Waals surface area (Å²) < 4.78 is 26.6. The molecule has 1 aliphatic rings. The van der Waals surface area contributed by atoms with Gasteiger partial charge in [0.1, 0.15) is 0 Å². The summed E-state index contributed by atoms with van der Waals surface area (Å²) in [5.41, 5.74) is 0.647. The standard InChI is InChI=1S/C17H18ClN3O3S/c18-14-6-8-15(9-7-14)19-17(22)20-10-12-21(13-11-20)25(23,24)16-4-2-1-3-5-16/h1-9H,10-13H2,(H,19,22). The number of sulfonamides is 1. The molecule has 1 N–H and O–H groups in total.